The summed E-state index contributed by atoms with van der Waals surface area (Å²) in [5.74, 6) is -1.65. The number of halogens is 1. The van der Waals surface area contributed by atoms with Crippen LogP contribution in [0.3, 0.4) is 0 Å². The van der Waals surface area contributed by atoms with Crippen LogP contribution in [0.4, 0.5) is 4.39 Å². The van der Waals surface area contributed by atoms with Gasteiger partial charge in [0, 0.05) is 19.6 Å². The van der Waals surface area contributed by atoms with Gasteiger partial charge < -0.3 is 14.4 Å². The van der Waals surface area contributed by atoms with Gasteiger partial charge in [-0.3, -0.25) is 4.79 Å². The lowest BCUT2D eigenvalue weighted by Crippen LogP contribution is -2.37. The molecule has 0 bridgehead atoms. The Morgan fingerprint density at radius 1 is 1.18 bits per heavy atom. The minimum absolute atomic E-state index is 0.0277. The van der Waals surface area contributed by atoms with Crippen LogP contribution >= 0.6 is 0 Å². The van der Waals surface area contributed by atoms with Crippen LogP contribution in [0.15, 0.2) is 47.4 Å². The molecule has 0 aliphatic heterocycles. The van der Waals surface area contributed by atoms with E-state index < -0.39 is 33.8 Å². The summed E-state index contributed by atoms with van der Waals surface area (Å²) in [6.45, 7) is 1.56. The number of esters is 1. The number of hydrogen-bond donors (Lipinski definition) is 1. The van der Waals surface area contributed by atoms with Crippen molar-refractivity contribution in [2.75, 3.05) is 14.2 Å². The number of nitrogens with one attached hydrogen (secondary N) is 1. The van der Waals surface area contributed by atoms with Crippen LogP contribution in [0.2, 0.25) is 0 Å². The van der Waals surface area contributed by atoms with E-state index in [9.17, 15) is 22.4 Å². The molecule has 0 radical (unpaired) electrons. The van der Waals surface area contributed by atoms with E-state index in [-0.39, 0.29) is 28.8 Å². The van der Waals surface area contributed by atoms with Gasteiger partial charge in [0.1, 0.15) is 16.5 Å². The van der Waals surface area contributed by atoms with Crippen LogP contribution in [0.25, 0.3) is 0 Å². The van der Waals surface area contributed by atoms with Crippen molar-refractivity contribution >= 4 is 21.9 Å². The van der Waals surface area contributed by atoms with E-state index in [1.54, 1.807) is 12.1 Å². The Hall–Kier alpha value is -2.98. The quantitative estimate of drug-likeness (QED) is 0.539. The molecule has 1 atom stereocenters. The zero-order valence-electron chi connectivity index (χ0n) is 19.4. The highest BCUT2D eigenvalue weighted by atomic mass is 32.2. The van der Waals surface area contributed by atoms with Gasteiger partial charge >= 0.3 is 5.97 Å². The van der Waals surface area contributed by atoms with Gasteiger partial charge in [0.25, 0.3) is 5.91 Å². The van der Waals surface area contributed by atoms with Crippen LogP contribution < -0.4 is 9.46 Å². The van der Waals surface area contributed by atoms with Crippen molar-refractivity contribution in [1.82, 2.24) is 9.62 Å². The number of likely N-dealkylation sites (N-methyl/N-ethyl adjacent to an activating group) is 1. The summed E-state index contributed by atoms with van der Waals surface area (Å²) >= 11 is 0. The Morgan fingerprint density at radius 2 is 1.88 bits per heavy atom. The molecule has 1 N–H and O–H groups in total. The molecule has 34 heavy (non-hydrogen) atoms. The summed E-state index contributed by atoms with van der Waals surface area (Å²) in [4.78, 5) is 26.5. The fourth-order valence-corrected chi connectivity index (χ4v) is 5.42. The van der Waals surface area contributed by atoms with Gasteiger partial charge in [-0.25, -0.2) is 22.3 Å². The smallest absolute Gasteiger partial charge is 0.338 e. The molecule has 0 heterocycles. The summed E-state index contributed by atoms with van der Waals surface area (Å²) in [5.41, 5.74) is 0.564. The summed E-state index contributed by atoms with van der Waals surface area (Å²) in [6, 6.07) is 9.64. The van der Waals surface area contributed by atoms with Gasteiger partial charge in [-0.1, -0.05) is 25.0 Å². The maximum atomic E-state index is 13.4. The summed E-state index contributed by atoms with van der Waals surface area (Å²) in [7, 11) is -1.06. The third-order valence-corrected chi connectivity index (χ3v) is 7.22. The first kappa shape index (κ1) is 25.6. The molecule has 1 aliphatic carbocycles. The number of methoxy groups -OCH3 is 1. The number of sulfonamides is 1. The van der Waals surface area contributed by atoms with Crippen molar-refractivity contribution in [1.29, 1.82) is 0 Å². The van der Waals surface area contributed by atoms with E-state index in [2.05, 4.69) is 4.72 Å². The number of amides is 1. The summed E-state index contributed by atoms with van der Waals surface area (Å²) in [6.07, 6.45) is 2.29. The van der Waals surface area contributed by atoms with E-state index in [1.165, 1.54) is 56.3 Å². The minimum atomic E-state index is -3.93. The largest absolute Gasteiger partial charge is 0.495 e. The highest BCUT2D eigenvalue weighted by Crippen LogP contribution is 2.27. The number of hydrogen-bond acceptors (Lipinski definition) is 6. The number of benzene rings is 2. The molecular weight excluding hydrogens is 463 g/mol. The van der Waals surface area contributed by atoms with E-state index >= 15 is 0 Å². The van der Waals surface area contributed by atoms with Gasteiger partial charge in [0.05, 0.1) is 12.7 Å². The second-order valence-corrected chi connectivity index (χ2v) is 10.0. The molecule has 1 unspecified atom stereocenters. The molecule has 0 aromatic heterocycles. The first-order chi connectivity index (χ1) is 16.1. The predicted octanol–water partition coefficient (Wildman–Crippen LogP) is 3.26. The standard InChI is InChI=1S/C24H29FN2O6S/c1-16(23(28)27(2)15-17-7-6-8-19(25)13-17)33-24(29)18-11-12-21(32-3)22(14-18)34(30,31)26-20-9-4-5-10-20/h6-8,11-14,16,20,26H,4-5,9-10,15H2,1-3H3. The van der Waals surface area contributed by atoms with Crippen molar-refractivity contribution < 1.29 is 31.9 Å². The fourth-order valence-electron chi connectivity index (χ4n) is 3.92. The maximum Gasteiger partial charge on any atom is 0.338 e. The topological polar surface area (TPSA) is 102 Å². The van der Waals surface area contributed by atoms with Crippen molar-refractivity contribution in [3.05, 3.63) is 59.4 Å². The Kier molecular flexibility index (Phi) is 8.27. The van der Waals surface area contributed by atoms with Gasteiger partial charge in [-0.2, -0.15) is 0 Å². The number of nitrogens with zero attached hydrogens (tertiary/aromatic N) is 1. The molecule has 2 aromatic rings. The maximum absolute atomic E-state index is 13.4. The number of carbonyl (C=O) groups is 2. The second kappa shape index (κ2) is 11.0. The molecule has 3 rings (SSSR count). The molecule has 2 aromatic carbocycles. The average molecular weight is 493 g/mol. The van der Waals surface area contributed by atoms with Crippen molar-refractivity contribution in [2.24, 2.45) is 0 Å². The lowest BCUT2D eigenvalue weighted by Gasteiger charge is -2.22. The van der Waals surface area contributed by atoms with E-state index in [1.807, 2.05) is 0 Å². The highest BCUT2D eigenvalue weighted by Gasteiger charge is 2.28. The van der Waals surface area contributed by atoms with Crippen LogP contribution in [-0.2, 0) is 26.1 Å². The number of ether oxygens (including phenoxy) is 2. The molecule has 0 saturated heterocycles. The molecule has 0 spiro atoms. The Morgan fingerprint density at radius 3 is 2.53 bits per heavy atom. The van der Waals surface area contributed by atoms with Crippen LogP contribution in [-0.4, -0.2) is 51.5 Å². The van der Waals surface area contributed by atoms with E-state index in [4.69, 9.17) is 9.47 Å². The first-order valence-electron chi connectivity index (χ1n) is 11.0. The first-order valence-corrected chi connectivity index (χ1v) is 12.5. The van der Waals surface area contributed by atoms with Crippen molar-refractivity contribution in [3.63, 3.8) is 0 Å². The molecular formula is C24H29FN2O6S. The van der Waals surface area contributed by atoms with Gasteiger partial charge in [0.15, 0.2) is 6.10 Å². The van der Waals surface area contributed by atoms with Crippen LogP contribution in [0, 0.1) is 5.82 Å². The molecule has 1 fully saturated rings. The van der Waals surface area contributed by atoms with Crippen molar-refractivity contribution in [3.8, 4) is 5.75 Å². The second-order valence-electron chi connectivity index (χ2n) is 8.34. The zero-order valence-corrected chi connectivity index (χ0v) is 20.2. The summed E-state index contributed by atoms with van der Waals surface area (Å²) < 4.78 is 52.4. The SMILES string of the molecule is COc1ccc(C(=O)OC(C)C(=O)N(C)Cc2cccc(F)c2)cc1S(=O)(=O)NC1CCCC1. The zero-order chi connectivity index (χ0) is 24.9. The van der Waals surface area contributed by atoms with E-state index in [0.717, 1.165) is 25.7 Å². The normalized spacial score (nSPS) is 15.1. The van der Waals surface area contributed by atoms with Crippen LogP contribution in [0.1, 0.15) is 48.5 Å². The van der Waals surface area contributed by atoms with Crippen molar-refractivity contribution in [2.45, 2.75) is 56.2 Å². The van der Waals surface area contributed by atoms with Gasteiger partial charge in [0.2, 0.25) is 10.0 Å². The molecule has 1 amide bonds. The third kappa shape index (κ3) is 6.32. The predicted molar refractivity (Wildman–Crippen MR) is 123 cm³/mol. The molecule has 184 valence electrons. The summed E-state index contributed by atoms with van der Waals surface area (Å²) in [5, 5.41) is 0. The van der Waals surface area contributed by atoms with Gasteiger partial charge in [-0.05, 0) is 55.7 Å². The number of rotatable bonds is 9. The van der Waals surface area contributed by atoms with E-state index in [0.29, 0.717) is 5.56 Å². The molecule has 8 nitrogen and oxygen atoms in total. The highest BCUT2D eigenvalue weighted by molar-refractivity contribution is 7.89. The van der Waals surface area contributed by atoms with Crippen LogP contribution in [0.5, 0.6) is 5.75 Å². The monoisotopic (exact) mass is 492 g/mol. The number of carbonyl (C=O) groups excluding carboxylic acids is 2. The average Bonchev–Trinajstić information content (AvgIpc) is 3.30. The fraction of sp³-hybridized carbons (Fsp3) is 0.417. The van der Waals surface area contributed by atoms with Gasteiger partial charge in [-0.15, -0.1) is 0 Å². The molecule has 10 heteroatoms. The Bertz CT molecular complexity index is 1150. The minimum Gasteiger partial charge on any atom is -0.495 e. The molecule has 1 saturated carbocycles. The molecule has 1 aliphatic rings. The lowest BCUT2D eigenvalue weighted by molar-refractivity contribution is -0.139. The Balaban J connectivity index is 1.71. The third-order valence-electron chi connectivity index (χ3n) is 5.68. The lowest BCUT2D eigenvalue weighted by atomic mass is 10.2. The Labute approximate surface area is 199 Å².